The van der Waals surface area contributed by atoms with Crippen molar-refractivity contribution in [3.05, 3.63) is 247 Å². The largest absolute Gasteiger partial charge is 0.310 e. The van der Waals surface area contributed by atoms with Crippen LogP contribution in [0.15, 0.2) is 224 Å². The molecule has 0 saturated heterocycles. The van der Waals surface area contributed by atoms with Crippen LogP contribution in [0.1, 0.15) is 22.3 Å². The highest BCUT2D eigenvalue weighted by atomic mass is 32.1. The molecule has 2 heteroatoms. The average molecular weight is 792 g/mol. The fourth-order valence-electron chi connectivity index (χ4n) is 10.6. The predicted octanol–water partition coefficient (Wildman–Crippen LogP) is 16.4. The first kappa shape index (κ1) is 34.4. The van der Waals surface area contributed by atoms with Crippen LogP contribution in [0.5, 0.6) is 0 Å². The number of nitrogens with zero attached hydrogens (tertiary/aromatic N) is 1. The van der Waals surface area contributed by atoms with Gasteiger partial charge in [-0.2, -0.15) is 0 Å². The van der Waals surface area contributed by atoms with E-state index in [0.29, 0.717) is 0 Å². The molecule has 2 aliphatic carbocycles. The van der Waals surface area contributed by atoms with Crippen molar-refractivity contribution in [2.75, 3.05) is 4.90 Å². The SMILES string of the molecule is c1cc(-c2ccc3c(c2)sc2ccccc23)cc(N(c2ccc3c(c2)C2(c4ccccc4-c4ccccc42)c2ccccc2-3)c2ccccc2-c2ccc3ccccc3c2)c1. The Kier molecular flexibility index (Phi) is 7.46. The molecule has 1 spiro atoms. The minimum Gasteiger partial charge on any atom is -0.310 e. The molecule has 10 aromatic carbocycles. The normalized spacial score (nSPS) is 13.0. The van der Waals surface area contributed by atoms with E-state index in [1.807, 2.05) is 11.3 Å². The van der Waals surface area contributed by atoms with Crippen molar-refractivity contribution in [2.24, 2.45) is 0 Å². The Labute approximate surface area is 359 Å². The lowest BCUT2D eigenvalue weighted by atomic mass is 9.70. The van der Waals surface area contributed by atoms with E-state index >= 15 is 0 Å². The van der Waals surface area contributed by atoms with Crippen LogP contribution in [-0.2, 0) is 5.41 Å². The molecule has 2 aliphatic rings. The van der Waals surface area contributed by atoms with E-state index in [9.17, 15) is 0 Å². The molecule has 0 aliphatic heterocycles. The second-order valence-electron chi connectivity index (χ2n) is 16.4. The van der Waals surface area contributed by atoms with Gasteiger partial charge in [-0.25, -0.2) is 0 Å². The Morgan fingerprint density at radius 3 is 1.66 bits per heavy atom. The molecule has 61 heavy (non-hydrogen) atoms. The van der Waals surface area contributed by atoms with Gasteiger partial charge in [0.1, 0.15) is 0 Å². The number of anilines is 3. The lowest BCUT2D eigenvalue weighted by Crippen LogP contribution is -2.26. The summed E-state index contributed by atoms with van der Waals surface area (Å²) in [6.07, 6.45) is 0. The summed E-state index contributed by atoms with van der Waals surface area (Å²) in [4.78, 5) is 2.50. The number of fused-ring (bicyclic) bond motifs is 14. The minimum atomic E-state index is -0.444. The summed E-state index contributed by atoms with van der Waals surface area (Å²) in [5, 5.41) is 5.11. The summed E-state index contributed by atoms with van der Waals surface area (Å²) < 4.78 is 2.63. The maximum atomic E-state index is 2.50. The van der Waals surface area contributed by atoms with Gasteiger partial charge in [-0.3, -0.25) is 0 Å². The third-order valence-corrected chi connectivity index (χ3v) is 14.4. The zero-order valence-corrected chi connectivity index (χ0v) is 34.0. The number of para-hydroxylation sites is 1. The van der Waals surface area contributed by atoms with Gasteiger partial charge >= 0.3 is 0 Å². The molecule has 11 aromatic rings. The molecule has 0 radical (unpaired) electrons. The molecule has 0 atom stereocenters. The fourth-order valence-corrected chi connectivity index (χ4v) is 11.8. The van der Waals surface area contributed by atoms with Gasteiger partial charge in [-0.1, -0.05) is 176 Å². The highest BCUT2D eigenvalue weighted by Gasteiger charge is 2.51. The smallest absolute Gasteiger partial charge is 0.0726 e. The van der Waals surface area contributed by atoms with E-state index in [1.54, 1.807) is 0 Å². The molecule has 13 rings (SSSR count). The second kappa shape index (κ2) is 13.2. The van der Waals surface area contributed by atoms with Crippen molar-refractivity contribution in [2.45, 2.75) is 5.41 Å². The van der Waals surface area contributed by atoms with Crippen LogP contribution in [0.3, 0.4) is 0 Å². The van der Waals surface area contributed by atoms with Crippen LogP contribution in [0.25, 0.3) is 75.5 Å². The Morgan fingerprint density at radius 2 is 0.885 bits per heavy atom. The third-order valence-electron chi connectivity index (χ3n) is 13.3. The molecule has 0 bridgehead atoms. The van der Waals surface area contributed by atoms with Gasteiger partial charge in [0.25, 0.3) is 0 Å². The van der Waals surface area contributed by atoms with E-state index in [0.717, 1.165) is 17.1 Å². The number of hydrogen-bond acceptors (Lipinski definition) is 2. The predicted molar refractivity (Wildman–Crippen MR) is 259 cm³/mol. The number of benzene rings is 10. The molecule has 1 aromatic heterocycles. The van der Waals surface area contributed by atoms with E-state index in [-0.39, 0.29) is 0 Å². The molecule has 0 amide bonds. The van der Waals surface area contributed by atoms with Crippen LogP contribution < -0.4 is 4.90 Å². The van der Waals surface area contributed by atoms with E-state index in [1.165, 1.54) is 97.7 Å². The van der Waals surface area contributed by atoms with Crippen molar-refractivity contribution in [1.29, 1.82) is 0 Å². The van der Waals surface area contributed by atoms with Gasteiger partial charge in [0.05, 0.1) is 11.1 Å². The first-order chi connectivity index (χ1) is 30.2. The summed E-state index contributed by atoms with van der Waals surface area (Å²) in [6, 6.07) is 83.7. The molecule has 0 unspecified atom stereocenters. The van der Waals surface area contributed by atoms with Gasteiger partial charge < -0.3 is 4.90 Å². The van der Waals surface area contributed by atoms with Gasteiger partial charge in [0, 0.05) is 37.1 Å². The highest BCUT2D eigenvalue weighted by molar-refractivity contribution is 7.25. The highest BCUT2D eigenvalue weighted by Crippen LogP contribution is 2.63. The molecule has 0 fully saturated rings. The maximum Gasteiger partial charge on any atom is 0.0726 e. The second-order valence-corrected chi connectivity index (χ2v) is 17.5. The lowest BCUT2D eigenvalue weighted by Gasteiger charge is -2.33. The Bertz CT molecular complexity index is 3510. The standard InChI is InChI=1S/C59H37NS/c1-2-15-39-34-42(29-28-38(39)14-1)45-18-6-11-26-56(45)60(43-17-13-16-40(35-43)41-30-32-51-50-22-7-12-27-57(50)61-58(51)36-41)44-31-33-49-48-21-5-10-25-54(48)59(55(49)37-44)52-23-8-3-19-46(52)47-20-4-9-24-53(47)59/h1-37H. The quantitative estimate of drug-likeness (QED) is 0.168. The van der Waals surface area contributed by atoms with Crippen LogP contribution in [-0.4, -0.2) is 0 Å². The molecule has 0 saturated carbocycles. The molecular formula is C59H37NS. The first-order valence-electron chi connectivity index (χ1n) is 21.1. The maximum absolute atomic E-state index is 2.50. The molecule has 284 valence electrons. The lowest BCUT2D eigenvalue weighted by molar-refractivity contribution is 0.793. The number of rotatable bonds is 5. The van der Waals surface area contributed by atoms with Gasteiger partial charge in [-0.05, 0) is 121 Å². The molecule has 1 heterocycles. The summed E-state index contributed by atoms with van der Waals surface area (Å²) in [7, 11) is 0. The van der Waals surface area contributed by atoms with Crippen molar-refractivity contribution in [3.8, 4) is 44.5 Å². The monoisotopic (exact) mass is 791 g/mol. The van der Waals surface area contributed by atoms with Crippen molar-refractivity contribution in [1.82, 2.24) is 0 Å². The molecular weight excluding hydrogens is 755 g/mol. The Morgan fingerprint density at radius 1 is 0.311 bits per heavy atom. The summed E-state index contributed by atoms with van der Waals surface area (Å²) in [5.41, 5.74) is 18.3. The van der Waals surface area contributed by atoms with Crippen LogP contribution in [0, 0.1) is 0 Å². The minimum absolute atomic E-state index is 0.444. The third kappa shape index (κ3) is 5.00. The van der Waals surface area contributed by atoms with Gasteiger partial charge in [0.2, 0.25) is 0 Å². The van der Waals surface area contributed by atoms with Gasteiger partial charge in [0.15, 0.2) is 0 Å². The summed E-state index contributed by atoms with van der Waals surface area (Å²) in [6.45, 7) is 0. The first-order valence-corrected chi connectivity index (χ1v) is 21.9. The molecule has 0 N–H and O–H groups in total. The zero-order valence-electron chi connectivity index (χ0n) is 33.2. The molecule has 1 nitrogen and oxygen atoms in total. The van der Waals surface area contributed by atoms with Crippen molar-refractivity contribution >= 4 is 59.3 Å². The average Bonchev–Trinajstić information content (AvgIpc) is 3.95. The van der Waals surface area contributed by atoms with Crippen molar-refractivity contribution in [3.63, 3.8) is 0 Å². The van der Waals surface area contributed by atoms with E-state index in [2.05, 4.69) is 229 Å². The summed E-state index contributed by atoms with van der Waals surface area (Å²) >= 11 is 1.87. The number of thiophene rings is 1. The van der Waals surface area contributed by atoms with E-state index in [4.69, 9.17) is 0 Å². The fraction of sp³-hybridized carbons (Fsp3) is 0.0169. The van der Waals surface area contributed by atoms with Crippen molar-refractivity contribution < 1.29 is 0 Å². The van der Waals surface area contributed by atoms with Gasteiger partial charge in [-0.15, -0.1) is 11.3 Å². The topological polar surface area (TPSA) is 3.24 Å². The zero-order chi connectivity index (χ0) is 40.1. The van der Waals surface area contributed by atoms with Crippen LogP contribution >= 0.6 is 11.3 Å². The van der Waals surface area contributed by atoms with E-state index < -0.39 is 5.41 Å². The summed E-state index contributed by atoms with van der Waals surface area (Å²) in [5.74, 6) is 0. The Hall–Kier alpha value is -7.52. The van der Waals surface area contributed by atoms with Crippen LogP contribution in [0.2, 0.25) is 0 Å². The number of hydrogen-bond donors (Lipinski definition) is 0. The van der Waals surface area contributed by atoms with Crippen LogP contribution in [0.4, 0.5) is 17.1 Å². The Balaban J connectivity index is 1.05.